The van der Waals surface area contributed by atoms with Crippen LogP contribution in [-0.2, 0) is 0 Å². The lowest BCUT2D eigenvalue weighted by Gasteiger charge is -2.26. The van der Waals surface area contributed by atoms with E-state index in [9.17, 15) is 0 Å². The molecule has 0 aromatic carbocycles. The molecular formula is C12H14N4S. The SMILES string of the molecule is CC(C)(Nc1sc(C#N)c(N)c1C#N)C1CC1. The molecule has 1 saturated carbocycles. The van der Waals surface area contributed by atoms with Gasteiger partial charge in [-0.05, 0) is 32.6 Å². The van der Waals surface area contributed by atoms with E-state index in [4.69, 9.17) is 16.3 Å². The Morgan fingerprint density at radius 1 is 1.35 bits per heavy atom. The molecule has 0 amide bonds. The van der Waals surface area contributed by atoms with Crippen molar-refractivity contribution in [3.63, 3.8) is 0 Å². The third-order valence-electron chi connectivity index (χ3n) is 3.19. The standard InChI is InChI=1S/C12H14N4S/c1-12(2,7-3-4-7)16-11-8(5-13)10(15)9(6-14)17-11/h7,16H,3-4,15H2,1-2H3. The smallest absolute Gasteiger partial charge is 0.131 e. The van der Waals surface area contributed by atoms with E-state index in [0.717, 1.165) is 5.00 Å². The molecule has 0 unspecified atom stereocenters. The zero-order chi connectivity index (χ0) is 12.6. The maximum atomic E-state index is 9.09. The van der Waals surface area contributed by atoms with E-state index < -0.39 is 0 Å². The van der Waals surface area contributed by atoms with E-state index in [0.29, 0.717) is 22.0 Å². The van der Waals surface area contributed by atoms with Crippen LogP contribution >= 0.6 is 11.3 Å². The van der Waals surface area contributed by atoms with Crippen molar-refractivity contribution in [3.8, 4) is 12.1 Å². The predicted octanol–water partition coefficient (Wildman–Crippen LogP) is 2.67. The van der Waals surface area contributed by atoms with Gasteiger partial charge < -0.3 is 11.1 Å². The summed E-state index contributed by atoms with van der Waals surface area (Å²) in [7, 11) is 0. The summed E-state index contributed by atoms with van der Waals surface area (Å²) in [6.07, 6.45) is 2.43. The Balaban J connectivity index is 2.33. The van der Waals surface area contributed by atoms with E-state index in [1.807, 2.05) is 6.07 Å². The van der Waals surface area contributed by atoms with Crippen LogP contribution in [-0.4, -0.2) is 5.54 Å². The van der Waals surface area contributed by atoms with Crippen LogP contribution in [0.1, 0.15) is 37.1 Å². The number of nitrogens with two attached hydrogens (primary N) is 1. The normalized spacial score (nSPS) is 15.1. The first-order valence-corrected chi connectivity index (χ1v) is 6.32. The number of thiophene rings is 1. The first-order chi connectivity index (χ1) is 7.99. The molecule has 1 aromatic heterocycles. The highest BCUT2D eigenvalue weighted by molar-refractivity contribution is 7.17. The minimum Gasteiger partial charge on any atom is -0.396 e. The molecule has 4 nitrogen and oxygen atoms in total. The lowest BCUT2D eigenvalue weighted by molar-refractivity contribution is 0.496. The molecule has 1 aliphatic carbocycles. The molecule has 0 aliphatic heterocycles. The highest BCUT2D eigenvalue weighted by Gasteiger charge is 2.38. The van der Waals surface area contributed by atoms with Gasteiger partial charge in [-0.25, -0.2) is 0 Å². The number of nitrogen functional groups attached to an aromatic ring is 1. The van der Waals surface area contributed by atoms with Crippen LogP contribution < -0.4 is 11.1 Å². The molecule has 17 heavy (non-hydrogen) atoms. The molecule has 1 aromatic rings. The molecule has 1 aliphatic rings. The van der Waals surface area contributed by atoms with E-state index in [-0.39, 0.29) is 5.54 Å². The van der Waals surface area contributed by atoms with Crippen LogP contribution in [0.2, 0.25) is 0 Å². The topological polar surface area (TPSA) is 85.6 Å². The van der Waals surface area contributed by atoms with E-state index in [1.54, 1.807) is 0 Å². The van der Waals surface area contributed by atoms with Crippen molar-refractivity contribution in [3.05, 3.63) is 10.4 Å². The third-order valence-corrected chi connectivity index (χ3v) is 4.22. The summed E-state index contributed by atoms with van der Waals surface area (Å²) < 4.78 is 0. The first kappa shape index (κ1) is 11.8. The second-order valence-corrected chi connectivity index (χ2v) is 5.91. The maximum Gasteiger partial charge on any atom is 0.131 e. The van der Waals surface area contributed by atoms with Crippen molar-refractivity contribution in [2.75, 3.05) is 11.1 Å². The van der Waals surface area contributed by atoms with E-state index >= 15 is 0 Å². The number of nitrogens with zero attached hydrogens (tertiary/aromatic N) is 2. The predicted molar refractivity (Wildman–Crippen MR) is 68.6 cm³/mol. The Morgan fingerprint density at radius 3 is 2.47 bits per heavy atom. The molecular weight excluding hydrogens is 232 g/mol. The zero-order valence-electron chi connectivity index (χ0n) is 9.87. The fourth-order valence-electron chi connectivity index (χ4n) is 1.93. The number of rotatable bonds is 3. The average molecular weight is 246 g/mol. The fraction of sp³-hybridized carbons (Fsp3) is 0.500. The van der Waals surface area contributed by atoms with Crippen LogP contribution in [0.3, 0.4) is 0 Å². The summed E-state index contributed by atoms with van der Waals surface area (Å²) in [6.45, 7) is 4.24. The molecule has 0 spiro atoms. The number of nitriles is 2. The number of hydrogen-bond acceptors (Lipinski definition) is 5. The van der Waals surface area contributed by atoms with Crippen molar-refractivity contribution < 1.29 is 0 Å². The number of hydrogen-bond donors (Lipinski definition) is 2. The number of anilines is 2. The van der Waals surface area contributed by atoms with Gasteiger partial charge in [0.2, 0.25) is 0 Å². The van der Waals surface area contributed by atoms with Gasteiger partial charge in [-0.3, -0.25) is 0 Å². The van der Waals surface area contributed by atoms with Crippen molar-refractivity contribution in [2.45, 2.75) is 32.2 Å². The summed E-state index contributed by atoms with van der Waals surface area (Å²) in [5, 5.41) is 22.1. The maximum absolute atomic E-state index is 9.09. The van der Waals surface area contributed by atoms with Gasteiger partial charge in [-0.2, -0.15) is 10.5 Å². The van der Waals surface area contributed by atoms with Gasteiger partial charge in [0.15, 0.2) is 0 Å². The van der Waals surface area contributed by atoms with Gasteiger partial charge in [-0.1, -0.05) is 0 Å². The summed E-state index contributed by atoms with van der Waals surface area (Å²) in [5.41, 5.74) is 6.42. The van der Waals surface area contributed by atoms with Gasteiger partial charge in [0.1, 0.15) is 27.6 Å². The third kappa shape index (κ3) is 2.07. The highest BCUT2D eigenvalue weighted by Crippen LogP contribution is 2.44. The second-order valence-electron chi connectivity index (χ2n) is 4.89. The molecule has 0 saturated heterocycles. The van der Waals surface area contributed by atoms with Gasteiger partial charge in [-0.15, -0.1) is 11.3 Å². The summed E-state index contributed by atoms with van der Waals surface area (Å²) in [6, 6.07) is 4.10. The Hall–Kier alpha value is -1.72. The Morgan fingerprint density at radius 2 is 2.00 bits per heavy atom. The summed E-state index contributed by atoms with van der Waals surface area (Å²) >= 11 is 1.26. The van der Waals surface area contributed by atoms with Crippen LogP contribution in [0, 0.1) is 28.6 Å². The molecule has 1 fully saturated rings. The van der Waals surface area contributed by atoms with Crippen molar-refractivity contribution in [2.24, 2.45) is 5.92 Å². The first-order valence-electron chi connectivity index (χ1n) is 5.50. The van der Waals surface area contributed by atoms with Gasteiger partial charge in [0.25, 0.3) is 0 Å². The minimum atomic E-state index is -0.0460. The molecule has 0 radical (unpaired) electrons. The highest BCUT2D eigenvalue weighted by atomic mass is 32.1. The Bertz CT molecular complexity index is 526. The minimum absolute atomic E-state index is 0.0460. The molecule has 1 heterocycles. The van der Waals surface area contributed by atoms with Crippen LogP contribution in [0.5, 0.6) is 0 Å². The van der Waals surface area contributed by atoms with Crippen LogP contribution in [0.15, 0.2) is 0 Å². The molecule has 5 heteroatoms. The van der Waals surface area contributed by atoms with Gasteiger partial charge >= 0.3 is 0 Å². The van der Waals surface area contributed by atoms with Crippen molar-refractivity contribution in [1.29, 1.82) is 10.5 Å². The molecule has 0 bridgehead atoms. The van der Waals surface area contributed by atoms with Crippen LogP contribution in [0.25, 0.3) is 0 Å². The second kappa shape index (κ2) is 3.94. The summed E-state index contributed by atoms with van der Waals surface area (Å²) in [5.74, 6) is 0.642. The molecule has 2 rings (SSSR count). The largest absolute Gasteiger partial charge is 0.396 e. The van der Waals surface area contributed by atoms with Crippen molar-refractivity contribution >= 4 is 22.0 Å². The fourth-order valence-corrected chi connectivity index (χ4v) is 2.96. The molecule has 0 atom stereocenters. The van der Waals surface area contributed by atoms with Crippen LogP contribution in [0.4, 0.5) is 10.7 Å². The van der Waals surface area contributed by atoms with Gasteiger partial charge in [0, 0.05) is 5.54 Å². The molecule has 3 N–H and O–H groups in total. The lowest BCUT2D eigenvalue weighted by Crippen LogP contribution is -2.33. The number of nitrogens with one attached hydrogen (secondary N) is 1. The zero-order valence-corrected chi connectivity index (χ0v) is 10.7. The summed E-state index contributed by atoms with van der Waals surface area (Å²) in [4.78, 5) is 0.413. The van der Waals surface area contributed by atoms with E-state index in [2.05, 4.69) is 25.2 Å². The van der Waals surface area contributed by atoms with Gasteiger partial charge in [0.05, 0.1) is 5.69 Å². The Kier molecular flexibility index (Phi) is 2.73. The monoisotopic (exact) mass is 246 g/mol. The average Bonchev–Trinajstić information content (AvgIpc) is 3.06. The van der Waals surface area contributed by atoms with E-state index in [1.165, 1.54) is 24.2 Å². The lowest BCUT2D eigenvalue weighted by atomic mass is 9.99. The van der Waals surface area contributed by atoms with Crippen molar-refractivity contribution in [1.82, 2.24) is 0 Å². The Labute approximate surface area is 105 Å². The quantitative estimate of drug-likeness (QED) is 0.858. The molecule has 88 valence electrons.